The molecule has 0 aromatic carbocycles. The normalized spacial score (nSPS) is 29.2. The molecule has 0 bridgehead atoms. The summed E-state index contributed by atoms with van der Waals surface area (Å²) in [6.45, 7) is 0. The van der Waals surface area contributed by atoms with Crippen LogP contribution in [0.4, 0.5) is 0 Å². The molecule has 1 N–H and O–H groups in total. The highest BCUT2D eigenvalue weighted by Crippen LogP contribution is 2.34. The summed E-state index contributed by atoms with van der Waals surface area (Å²) in [6.07, 6.45) is 12.8. The van der Waals surface area contributed by atoms with Crippen molar-refractivity contribution in [2.45, 2.75) is 82.1 Å². The van der Waals surface area contributed by atoms with E-state index in [0.717, 1.165) is 11.7 Å². The molecular formula is C16H27N3O. The fourth-order valence-corrected chi connectivity index (χ4v) is 3.87. The second-order valence-corrected chi connectivity index (χ2v) is 6.47. The lowest BCUT2D eigenvalue weighted by molar-refractivity contribution is 0.269. The van der Waals surface area contributed by atoms with Gasteiger partial charge in [-0.25, -0.2) is 0 Å². The average Bonchev–Trinajstić information content (AvgIpc) is 2.82. The number of rotatable bonds is 3. The maximum absolute atomic E-state index is 5.63. The third kappa shape index (κ3) is 3.05. The van der Waals surface area contributed by atoms with Gasteiger partial charge in [-0.3, -0.25) is 0 Å². The Labute approximate surface area is 121 Å². The minimum Gasteiger partial charge on any atom is -0.339 e. The Balaban J connectivity index is 1.71. The van der Waals surface area contributed by atoms with Crippen molar-refractivity contribution in [1.82, 2.24) is 15.5 Å². The zero-order valence-electron chi connectivity index (χ0n) is 12.6. The molecule has 2 unspecified atom stereocenters. The van der Waals surface area contributed by atoms with Gasteiger partial charge in [0.1, 0.15) is 0 Å². The molecule has 0 radical (unpaired) electrons. The number of nitrogens with zero attached hydrogens (tertiary/aromatic N) is 2. The second-order valence-electron chi connectivity index (χ2n) is 6.47. The number of aromatic nitrogens is 2. The summed E-state index contributed by atoms with van der Waals surface area (Å²) >= 11 is 0. The Morgan fingerprint density at radius 2 is 1.65 bits per heavy atom. The van der Waals surface area contributed by atoms with Gasteiger partial charge in [0.05, 0.1) is 5.92 Å². The SMILES string of the molecule is CNC1CCCCC1c1nc(C2CCCCCC2)no1. The zero-order chi connectivity index (χ0) is 13.8. The van der Waals surface area contributed by atoms with Gasteiger partial charge in [0, 0.05) is 12.0 Å². The van der Waals surface area contributed by atoms with Crippen LogP contribution < -0.4 is 5.32 Å². The van der Waals surface area contributed by atoms with Gasteiger partial charge in [0.2, 0.25) is 5.89 Å². The first-order valence-electron chi connectivity index (χ1n) is 8.39. The fraction of sp³-hybridized carbons (Fsp3) is 0.875. The fourth-order valence-electron chi connectivity index (χ4n) is 3.87. The summed E-state index contributed by atoms with van der Waals surface area (Å²) in [5.74, 6) is 2.80. The lowest BCUT2D eigenvalue weighted by Crippen LogP contribution is -2.34. The molecule has 0 saturated heterocycles. The monoisotopic (exact) mass is 277 g/mol. The van der Waals surface area contributed by atoms with E-state index in [0.29, 0.717) is 17.9 Å². The molecule has 0 aliphatic heterocycles. The first kappa shape index (κ1) is 14.1. The highest BCUT2D eigenvalue weighted by molar-refractivity contribution is 5.04. The van der Waals surface area contributed by atoms with E-state index >= 15 is 0 Å². The highest BCUT2D eigenvalue weighted by atomic mass is 16.5. The van der Waals surface area contributed by atoms with Crippen LogP contribution in [0.5, 0.6) is 0 Å². The van der Waals surface area contributed by atoms with Crippen molar-refractivity contribution in [3.8, 4) is 0 Å². The summed E-state index contributed by atoms with van der Waals surface area (Å²) in [4.78, 5) is 4.78. The number of nitrogens with one attached hydrogen (secondary N) is 1. The van der Waals surface area contributed by atoms with Gasteiger partial charge < -0.3 is 9.84 Å². The standard InChI is InChI=1S/C16H27N3O/c1-17-14-11-7-6-10-13(14)16-18-15(19-20-16)12-8-4-2-3-5-9-12/h12-14,17H,2-11H2,1H3. The molecule has 2 saturated carbocycles. The van der Waals surface area contributed by atoms with Crippen molar-refractivity contribution in [3.63, 3.8) is 0 Å². The molecule has 4 heteroatoms. The quantitative estimate of drug-likeness (QED) is 0.855. The highest BCUT2D eigenvalue weighted by Gasteiger charge is 2.31. The van der Waals surface area contributed by atoms with Gasteiger partial charge in [0.25, 0.3) is 0 Å². The molecule has 1 aromatic heterocycles. The van der Waals surface area contributed by atoms with E-state index in [9.17, 15) is 0 Å². The topological polar surface area (TPSA) is 51.0 Å². The summed E-state index contributed by atoms with van der Waals surface area (Å²) < 4.78 is 5.63. The van der Waals surface area contributed by atoms with E-state index in [1.165, 1.54) is 64.2 Å². The molecule has 4 nitrogen and oxygen atoms in total. The Hall–Kier alpha value is -0.900. The molecule has 2 aliphatic rings. The van der Waals surface area contributed by atoms with E-state index in [2.05, 4.69) is 10.5 Å². The first-order valence-corrected chi connectivity index (χ1v) is 8.39. The van der Waals surface area contributed by atoms with Gasteiger partial charge >= 0.3 is 0 Å². The molecule has 3 rings (SSSR count). The molecule has 2 aliphatic carbocycles. The predicted molar refractivity (Wildman–Crippen MR) is 78.8 cm³/mol. The Bertz CT molecular complexity index is 410. The molecule has 1 aromatic rings. The third-order valence-corrected chi connectivity index (χ3v) is 5.13. The van der Waals surface area contributed by atoms with Crippen molar-refractivity contribution in [2.75, 3.05) is 7.05 Å². The van der Waals surface area contributed by atoms with Crippen molar-refractivity contribution >= 4 is 0 Å². The summed E-state index contributed by atoms with van der Waals surface area (Å²) in [7, 11) is 2.05. The van der Waals surface area contributed by atoms with E-state index in [-0.39, 0.29) is 0 Å². The van der Waals surface area contributed by atoms with E-state index < -0.39 is 0 Å². The van der Waals surface area contributed by atoms with Gasteiger partial charge in [-0.15, -0.1) is 0 Å². The largest absolute Gasteiger partial charge is 0.339 e. The summed E-state index contributed by atoms with van der Waals surface area (Å²) in [6, 6.07) is 0.506. The second kappa shape index (κ2) is 6.70. The molecule has 20 heavy (non-hydrogen) atoms. The van der Waals surface area contributed by atoms with Crippen LogP contribution in [0.1, 0.15) is 87.8 Å². The van der Waals surface area contributed by atoms with Crippen molar-refractivity contribution in [2.24, 2.45) is 0 Å². The van der Waals surface area contributed by atoms with Crippen molar-refractivity contribution < 1.29 is 4.52 Å². The molecule has 112 valence electrons. The van der Waals surface area contributed by atoms with Gasteiger partial charge in [-0.1, -0.05) is 43.7 Å². The third-order valence-electron chi connectivity index (χ3n) is 5.13. The lowest BCUT2D eigenvalue weighted by atomic mass is 9.84. The van der Waals surface area contributed by atoms with Crippen LogP contribution in [0.25, 0.3) is 0 Å². The molecular weight excluding hydrogens is 250 g/mol. The van der Waals surface area contributed by atoms with Crippen LogP contribution in [0.3, 0.4) is 0 Å². The molecule has 0 spiro atoms. The van der Waals surface area contributed by atoms with Gasteiger partial charge in [-0.2, -0.15) is 4.98 Å². The van der Waals surface area contributed by atoms with Crippen molar-refractivity contribution in [1.29, 1.82) is 0 Å². The van der Waals surface area contributed by atoms with Crippen LogP contribution in [0.2, 0.25) is 0 Å². The lowest BCUT2D eigenvalue weighted by Gasteiger charge is -2.28. The molecule has 2 atom stereocenters. The van der Waals surface area contributed by atoms with Crippen LogP contribution in [-0.4, -0.2) is 23.2 Å². The molecule has 0 amide bonds. The minimum atomic E-state index is 0.417. The zero-order valence-corrected chi connectivity index (χ0v) is 12.6. The first-order chi connectivity index (χ1) is 9.88. The maximum atomic E-state index is 5.63. The Morgan fingerprint density at radius 3 is 2.40 bits per heavy atom. The van der Waals surface area contributed by atoms with Crippen molar-refractivity contribution in [3.05, 3.63) is 11.7 Å². The number of likely N-dealkylation sites (N-methyl/N-ethyl adjacent to an activating group) is 1. The molecule has 2 fully saturated rings. The van der Waals surface area contributed by atoms with E-state index in [1.54, 1.807) is 0 Å². The van der Waals surface area contributed by atoms with Gasteiger partial charge in [-0.05, 0) is 32.7 Å². The Kier molecular flexibility index (Phi) is 4.71. The Morgan fingerprint density at radius 1 is 0.950 bits per heavy atom. The minimum absolute atomic E-state index is 0.417. The van der Waals surface area contributed by atoms with Gasteiger partial charge in [0.15, 0.2) is 5.82 Å². The van der Waals surface area contributed by atoms with E-state index in [4.69, 9.17) is 9.51 Å². The number of hydrogen-bond donors (Lipinski definition) is 1. The summed E-state index contributed by atoms with van der Waals surface area (Å²) in [5.41, 5.74) is 0. The smallest absolute Gasteiger partial charge is 0.231 e. The van der Waals surface area contributed by atoms with Crippen LogP contribution >= 0.6 is 0 Å². The predicted octanol–water partition coefficient (Wildman–Crippen LogP) is 3.75. The van der Waals surface area contributed by atoms with E-state index in [1.807, 2.05) is 7.05 Å². The summed E-state index contributed by atoms with van der Waals surface area (Å²) in [5, 5.41) is 7.74. The maximum Gasteiger partial charge on any atom is 0.231 e. The van der Waals surface area contributed by atoms with Crippen LogP contribution in [0.15, 0.2) is 4.52 Å². The number of hydrogen-bond acceptors (Lipinski definition) is 4. The van der Waals surface area contributed by atoms with Crippen LogP contribution in [-0.2, 0) is 0 Å². The molecule has 1 heterocycles. The average molecular weight is 277 g/mol. The van der Waals surface area contributed by atoms with Crippen LogP contribution in [0, 0.1) is 0 Å².